The smallest absolute Gasteiger partial charge is 0.225 e. The van der Waals surface area contributed by atoms with Gasteiger partial charge in [0.15, 0.2) is 0 Å². The SMILES string of the molecule is CN(Cc1ccc(Cl)cc1)c1ncc(Br)cn1. The Bertz CT molecular complexity index is 484. The van der Waals surface area contributed by atoms with Gasteiger partial charge in [-0.25, -0.2) is 9.97 Å². The minimum Gasteiger partial charge on any atom is -0.340 e. The number of hydrogen-bond acceptors (Lipinski definition) is 3. The highest BCUT2D eigenvalue weighted by atomic mass is 79.9. The lowest BCUT2D eigenvalue weighted by Crippen LogP contribution is -2.18. The van der Waals surface area contributed by atoms with E-state index in [0.717, 1.165) is 16.0 Å². The van der Waals surface area contributed by atoms with Gasteiger partial charge in [-0.05, 0) is 33.6 Å². The van der Waals surface area contributed by atoms with Crippen molar-refractivity contribution < 1.29 is 0 Å². The van der Waals surface area contributed by atoms with E-state index in [4.69, 9.17) is 11.6 Å². The molecule has 2 rings (SSSR count). The van der Waals surface area contributed by atoms with E-state index in [1.807, 2.05) is 36.2 Å². The molecule has 0 aliphatic carbocycles. The third kappa shape index (κ3) is 3.41. The van der Waals surface area contributed by atoms with Gasteiger partial charge in [0.2, 0.25) is 5.95 Å². The van der Waals surface area contributed by atoms with Crippen molar-refractivity contribution in [2.75, 3.05) is 11.9 Å². The molecule has 0 aliphatic heterocycles. The molecule has 0 unspecified atom stereocenters. The van der Waals surface area contributed by atoms with Crippen LogP contribution in [0.15, 0.2) is 41.1 Å². The van der Waals surface area contributed by atoms with E-state index < -0.39 is 0 Å². The molecule has 0 saturated heterocycles. The highest BCUT2D eigenvalue weighted by Crippen LogP contribution is 2.14. The first-order valence-corrected chi connectivity index (χ1v) is 6.25. The second-order valence-corrected chi connectivity index (χ2v) is 5.04. The largest absolute Gasteiger partial charge is 0.340 e. The van der Waals surface area contributed by atoms with Crippen molar-refractivity contribution in [2.24, 2.45) is 0 Å². The van der Waals surface area contributed by atoms with Gasteiger partial charge in [-0.1, -0.05) is 23.7 Å². The Morgan fingerprint density at radius 2 is 1.76 bits per heavy atom. The van der Waals surface area contributed by atoms with Gasteiger partial charge >= 0.3 is 0 Å². The van der Waals surface area contributed by atoms with E-state index in [0.29, 0.717) is 5.95 Å². The van der Waals surface area contributed by atoms with Crippen molar-refractivity contribution in [3.63, 3.8) is 0 Å². The summed E-state index contributed by atoms with van der Waals surface area (Å²) in [6.45, 7) is 0.749. The Morgan fingerprint density at radius 3 is 2.35 bits per heavy atom. The van der Waals surface area contributed by atoms with Crippen molar-refractivity contribution in [3.8, 4) is 0 Å². The van der Waals surface area contributed by atoms with Crippen LogP contribution in [0.1, 0.15) is 5.56 Å². The molecule has 0 bridgehead atoms. The first kappa shape index (κ1) is 12.3. The van der Waals surface area contributed by atoms with Gasteiger partial charge in [-0.3, -0.25) is 0 Å². The molecule has 0 N–H and O–H groups in total. The molecule has 17 heavy (non-hydrogen) atoms. The molecular weight excluding hydrogens is 302 g/mol. The molecule has 0 amide bonds. The molecule has 1 aromatic heterocycles. The molecule has 5 heteroatoms. The lowest BCUT2D eigenvalue weighted by molar-refractivity contribution is 0.865. The fourth-order valence-electron chi connectivity index (χ4n) is 1.44. The molecule has 1 heterocycles. The summed E-state index contributed by atoms with van der Waals surface area (Å²) in [5.41, 5.74) is 1.17. The summed E-state index contributed by atoms with van der Waals surface area (Å²) in [5, 5.41) is 0.747. The van der Waals surface area contributed by atoms with E-state index >= 15 is 0 Å². The minimum absolute atomic E-state index is 0.697. The van der Waals surface area contributed by atoms with Gasteiger partial charge in [-0.15, -0.1) is 0 Å². The first-order valence-electron chi connectivity index (χ1n) is 5.08. The maximum Gasteiger partial charge on any atom is 0.225 e. The second kappa shape index (κ2) is 5.47. The predicted molar refractivity (Wildman–Crippen MR) is 73.3 cm³/mol. The lowest BCUT2D eigenvalue weighted by Gasteiger charge is -2.16. The van der Waals surface area contributed by atoms with Gasteiger partial charge in [-0.2, -0.15) is 0 Å². The number of hydrogen-bond donors (Lipinski definition) is 0. The van der Waals surface area contributed by atoms with Crippen LogP contribution in [-0.2, 0) is 6.54 Å². The average molecular weight is 313 g/mol. The number of aromatic nitrogens is 2. The van der Waals surface area contributed by atoms with Crippen molar-refractivity contribution in [1.82, 2.24) is 9.97 Å². The Hall–Kier alpha value is -1.13. The van der Waals surface area contributed by atoms with E-state index in [2.05, 4.69) is 25.9 Å². The molecule has 0 fully saturated rings. The van der Waals surface area contributed by atoms with Gasteiger partial charge in [0.05, 0.1) is 4.47 Å². The highest BCUT2D eigenvalue weighted by molar-refractivity contribution is 9.10. The number of halogens is 2. The van der Waals surface area contributed by atoms with Crippen molar-refractivity contribution in [3.05, 3.63) is 51.7 Å². The molecule has 3 nitrogen and oxygen atoms in total. The summed E-state index contributed by atoms with van der Waals surface area (Å²) in [4.78, 5) is 10.4. The number of nitrogens with zero attached hydrogens (tertiary/aromatic N) is 3. The van der Waals surface area contributed by atoms with Crippen LogP contribution in [0.3, 0.4) is 0 Å². The van der Waals surface area contributed by atoms with Crippen LogP contribution in [0.4, 0.5) is 5.95 Å². The Morgan fingerprint density at radius 1 is 1.18 bits per heavy atom. The molecule has 0 aliphatic rings. The minimum atomic E-state index is 0.697. The third-order valence-corrected chi connectivity index (χ3v) is 2.94. The van der Waals surface area contributed by atoms with Crippen LogP contribution in [-0.4, -0.2) is 17.0 Å². The zero-order chi connectivity index (χ0) is 12.3. The molecule has 1 aromatic carbocycles. The van der Waals surface area contributed by atoms with Gasteiger partial charge in [0.25, 0.3) is 0 Å². The van der Waals surface area contributed by atoms with Crippen LogP contribution in [0.5, 0.6) is 0 Å². The molecule has 88 valence electrons. The summed E-state index contributed by atoms with van der Waals surface area (Å²) in [6, 6.07) is 7.76. The summed E-state index contributed by atoms with van der Waals surface area (Å²) >= 11 is 9.15. The van der Waals surface area contributed by atoms with E-state index in [1.165, 1.54) is 5.56 Å². The molecule has 0 saturated carbocycles. The van der Waals surface area contributed by atoms with Gasteiger partial charge in [0.1, 0.15) is 0 Å². The molecule has 0 spiro atoms. The zero-order valence-electron chi connectivity index (χ0n) is 9.27. The van der Waals surface area contributed by atoms with Crippen molar-refractivity contribution in [1.29, 1.82) is 0 Å². The fourth-order valence-corrected chi connectivity index (χ4v) is 1.77. The molecular formula is C12H11BrClN3. The monoisotopic (exact) mass is 311 g/mol. The van der Waals surface area contributed by atoms with Crippen molar-refractivity contribution in [2.45, 2.75) is 6.54 Å². The summed E-state index contributed by atoms with van der Waals surface area (Å²) in [6.07, 6.45) is 3.47. The molecule has 0 atom stereocenters. The third-order valence-electron chi connectivity index (χ3n) is 2.28. The maximum atomic E-state index is 5.84. The van der Waals surface area contributed by atoms with E-state index in [1.54, 1.807) is 12.4 Å². The lowest BCUT2D eigenvalue weighted by atomic mass is 10.2. The van der Waals surface area contributed by atoms with E-state index in [9.17, 15) is 0 Å². The zero-order valence-corrected chi connectivity index (χ0v) is 11.6. The normalized spacial score (nSPS) is 10.3. The fraction of sp³-hybridized carbons (Fsp3) is 0.167. The number of anilines is 1. The van der Waals surface area contributed by atoms with E-state index in [-0.39, 0.29) is 0 Å². The quantitative estimate of drug-likeness (QED) is 0.868. The van der Waals surface area contributed by atoms with Gasteiger partial charge < -0.3 is 4.90 Å². The Balaban J connectivity index is 2.08. The summed E-state index contributed by atoms with van der Waals surface area (Å²) < 4.78 is 0.876. The summed E-state index contributed by atoms with van der Waals surface area (Å²) in [7, 11) is 1.96. The average Bonchev–Trinajstić information content (AvgIpc) is 2.33. The number of benzene rings is 1. The summed E-state index contributed by atoms with van der Waals surface area (Å²) in [5.74, 6) is 0.697. The van der Waals surface area contributed by atoms with Crippen LogP contribution >= 0.6 is 27.5 Å². The van der Waals surface area contributed by atoms with Crippen LogP contribution in [0, 0.1) is 0 Å². The molecule has 2 aromatic rings. The topological polar surface area (TPSA) is 29.0 Å². The van der Waals surface area contributed by atoms with Crippen molar-refractivity contribution >= 4 is 33.5 Å². The predicted octanol–water partition coefficient (Wildman–Crippen LogP) is 3.53. The van der Waals surface area contributed by atoms with Crippen LogP contribution in [0.25, 0.3) is 0 Å². The number of rotatable bonds is 3. The first-order chi connectivity index (χ1) is 8.15. The Labute approximate surface area is 114 Å². The van der Waals surface area contributed by atoms with Gasteiger partial charge in [0, 0.05) is 31.0 Å². The maximum absolute atomic E-state index is 5.84. The molecule has 0 radical (unpaired) electrons. The standard InChI is InChI=1S/C12H11BrClN3/c1-17(12-15-6-10(13)7-16-12)8-9-2-4-11(14)5-3-9/h2-7H,8H2,1H3. The van der Waals surface area contributed by atoms with Crippen LogP contribution in [0.2, 0.25) is 5.02 Å². The van der Waals surface area contributed by atoms with Crippen LogP contribution < -0.4 is 4.90 Å². The second-order valence-electron chi connectivity index (χ2n) is 3.68. The Kier molecular flexibility index (Phi) is 3.97. The highest BCUT2D eigenvalue weighted by Gasteiger charge is 2.04.